The third kappa shape index (κ3) is 1.98. The first-order valence-electron chi connectivity index (χ1n) is 6.94. The number of rotatable bonds is 3. The molecule has 4 heteroatoms. The largest absolute Gasteiger partial charge is 0.493 e. The average molecular weight is 284 g/mol. The van der Waals surface area contributed by atoms with E-state index in [9.17, 15) is 0 Å². The third-order valence-electron chi connectivity index (χ3n) is 4.09. The van der Waals surface area contributed by atoms with Crippen LogP contribution in [-0.2, 0) is 0 Å². The Balaban J connectivity index is 2.11. The van der Waals surface area contributed by atoms with Gasteiger partial charge < -0.3 is 19.3 Å². The minimum Gasteiger partial charge on any atom is -0.493 e. The summed E-state index contributed by atoms with van der Waals surface area (Å²) in [6.07, 6.45) is 0.0902. The van der Waals surface area contributed by atoms with Gasteiger partial charge in [-0.3, -0.25) is 0 Å². The summed E-state index contributed by atoms with van der Waals surface area (Å²) in [7, 11) is 7.56. The molecule has 0 aliphatic carbocycles. The molecule has 1 aliphatic rings. The van der Waals surface area contributed by atoms with Crippen molar-refractivity contribution >= 4 is 11.4 Å². The van der Waals surface area contributed by atoms with Gasteiger partial charge in [0.2, 0.25) is 0 Å². The summed E-state index contributed by atoms with van der Waals surface area (Å²) in [6.45, 7) is 0. The highest BCUT2D eigenvalue weighted by Crippen LogP contribution is 2.47. The van der Waals surface area contributed by atoms with Crippen LogP contribution in [0.3, 0.4) is 0 Å². The van der Waals surface area contributed by atoms with Crippen LogP contribution >= 0.6 is 0 Å². The first-order chi connectivity index (χ1) is 10.2. The second-order valence-electron chi connectivity index (χ2n) is 5.17. The Hall–Kier alpha value is -2.36. The van der Waals surface area contributed by atoms with Gasteiger partial charge in [-0.15, -0.1) is 0 Å². The second-order valence-corrected chi connectivity index (χ2v) is 5.17. The number of fused-ring (bicyclic) bond motifs is 1. The standard InChI is InChI=1S/C17H20N2O2/c1-18-13-9-5-6-10-14(13)19(2)17(18)12-8-7-11-15(20-3)16(12)21-4/h5-11,17H,1-4H3. The van der Waals surface area contributed by atoms with Crippen molar-refractivity contribution in [1.82, 2.24) is 0 Å². The van der Waals surface area contributed by atoms with Gasteiger partial charge in [0.05, 0.1) is 25.6 Å². The summed E-state index contributed by atoms with van der Waals surface area (Å²) in [6, 6.07) is 14.4. The minimum absolute atomic E-state index is 0.0902. The van der Waals surface area contributed by atoms with E-state index in [2.05, 4.69) is 54.2 Å². The van der Waals surface area contributed by atoms with Crippen LogP contribution in [0.25, 0.3) is 0 Å². The van der Waals surface area contributed by atoms with Crippen LogP contribution in [0.5, 0.6) is 11.5 Å². The van der Waals surface area contributed by atoms with Crippen LogP contribution < -0.4 is 19.3 Å². The normalized spacial score (nSPS) is 14.3. The van der Waals surface area contributed by atoms with Crippen molar-refractivity contribution in [3.05, 3.63) is 48.0 Å². The van der Waals surface area contributed by atoms with Gasteiger partial charge >= 0.3 is 0 Å². The number of benzene rings is 2. The fourth-order valence-electron chi connectivity index (χ4n) is 3.12. The van der Waals surface area contributed by atoms with Crippen molar-refractivity contribution in [3.63, 3.8) is 0 Å². The van der Waals surface area contributed by atoms with Crippen LogP contribution in [-0.4, -0.2) is 28.3 Å². The molecular formula is C17H20N2O2. The molecule has 110 valence electrons. The van der Waals surface area contributed by atoms with Crippen molar-refractivity contribution in [2.24, 2.45) is 0 Å². The number of hydrogen-bond acceptors (Lipinski definition) is 4. The predicted molar refractivity (Wildman–Crippen MR) is 85.5 cm³/mol. The van der Waals surface area contributed by atoms with Crippen molar-refractivity contribution in [1.29, 1.82) is 0 Å². The van der Waals surface area contributed by atoms with E-state index in [-0.39, 0.29) is 6.17 Å². The fourth-order valence-corrected chi connectivity index (χ4v) is 3.12. The highest BCUT2D eigenvalue weighted by atomic mass is 16.5. The highest BCUT2D eigenvalue weighted by molar-refractivity contribution is 5.78. The number of hydrogen-bond donors (Lipinski definition) is 0. The average Bonchev–Trinajstić information content (AvgIpc) is 2.78. The van der Waals surface area contributed by atoms with Crippen LogP contribution in [0.4, 0.5) is 11.4 Å². The summed E-state index contributed by atoms with van der Waals surface area (Å²) >= 11 is 0. The minimum atomic E-state index is 0.0902. The molecule has 2 aromatic rings. The van der Waals surface area contributed by atoms with Crippen molar-refractivity contribution in [2.45, 2.75) is 6.17 Å². The van der Waals surface area contributed by atoms with E-state index in [0.29, 0.717) is 0 Å². The van der Waals surface area contributed by atoms with Crippen LogP contribution in [0.1, 0.15) is 11.7 Å². The van der Waals surface area contributed by atoms with Gasteiger partial charge in [-0.25, -0.2) is 0 Å². The zero-order chi connectivity index (χ0) is 15.0. The van der Waals surface area contributed by atoms with Gasteiger partial charge in [0.25, 0.3) is 0 Å². The lowest BCUT2D eigenvalue weighted by Crippen LogP contribution is -2.30. The summed E-state index contributed by atoms with van der Waals surface area (Å²) < 4.78 is 11.0. The number of ether oxygens (including phenoxy) is 2. The number of methoxy groups -OCH3 is 2. The smallest absolute Gasteiger partial charge is 0.167 e. The van der Waals surface area contributed by atoms with E-state index in [0.717, 1.165) is 17.1 Å². The van der Waals surface area contributed by atoms with Gasteiger partial charge in [0, 0.05) is 19.7 Å². The molecule has 0 bridgehead atoms. The topological polar surface area (TPSA) is 24.9 Å². The van der Waals surface area contributed by atoms with Crippen LogP contribution in [0, 0.1) is 0 Å². The Morgan fingerprint density at radius 3 is 1.95 bits per heavy atom. The number of nitrogens with zero attached hydrogens (tertiary/aromatic N) is 2. The molecule has 0 N–H and O–H groups in total. The van der Waals surface area contributed by atoms with E-state index >= 15 is 0 Å². The summed E-state index contributed by atoms with van der Waals surface area (Å²) in [5, 5.41) is 0. The van der Waals surface area contributed by atoms with Crippen molar-refractivity contribution in [2.75, 3.05) is 38.1 Å². The molecule has 4 nitrogen and oxygen atoms in total. The maximum atomic E-state index is 5.60. The molecule has 0 saturated heterocycles. The van der Waals surface area contributed by atoms with Gasteiger partial charge in [-0.1, -0.05) is 24.3 Å². The Kier molecular flexibility index (Phi) is 3.37. The quantitative estimate of drug-likeness (QED) is 0.863. The molecule has 0 radical (unpaired) electrons. The Bertz CT molecular complexity index is 628. The molecule has 3 rings (SSSR count). The molecule has 0 fully saturated rings. The first kappa shape index (κ1) is 13.6. The summed E-state index contributed by atoms with van der Waals surface area (Å²) in [5.74, 6) is 1.55. The molecule has 1 heterocycles. The Labute approximate surface area is 125 Å². The zero-order valence-corrected chi connectivity index (χ0v) is 12.8. The summed E-state index contributed by atoms with van der Waals surface area (Å²) in [4.78, 5) is 4.51. The summed E-state index contributed by atoms with van der Waals surface area (Å²) in [5.41, 5.74) is 3.53. The molecule has 0 atom stereocenters. The van der Waals surface area contributed by atoms with E-state index in [1.165, 1.54) is 11.4 Å². The van der Waals surface area contributed by atoms with Crippen molar-refractivity contribution in [3.8, 4) is 11.5 Å². The lowest BCUT2D eigenvalue weighted by Gasteiger charge is -2.29. The number of para-hydroxylation sites is 3. The second kappa shape index (κ2) is 5.20. The Morgan fingerprint density at radius 2 is 1.43 bits per heavy atom. The van der Waals surface area contributed by atoms with E-state index < -0.39 is 0 Å². The molecule has 21 heavy (non-hydrogen) atoms. The van der Waals surface area contributed by atoms with E-state index in [4.69, 9.17) is 9.47 Å². The lowest BCUT2D eigenvalue weighted by molar-refractivity contribution is 0.349. The maximum absolute atomic E-state index is 5.60. The molecule has 0 aromatic heterocycles. The highest BCUT2D eigenvalue weighted by Gasteiger charge is 2.34. The van der Waals surface area contributed by atoms with Crippen LogP contribution in [0.15, 0.2) is 42.5 Å². The monoisotopic (exact) mass is 284 g/mol. The molecule has 1 aliphatic heterocycles. The molecule has 0 amide bonds. The predicted octanol–water partition coefficient (Wildman–Crippen LogP) is 3.29. The maximum Gasteiger partial charge on any atom is 0.167 e. The lowest BCUT2D eigenvalue weighted by atomic mass is 10.1. The molecule has 0 unspecified atom stereocenters. The van der Waals surface area contributed by atoms with Gasteiger partial charge in [0.1, 0.15) is 6.17 Å². The van der Waals surface area contributed by atoms with E-state index in [1.807, 2.05) is 12.1 Å². The Morgan fingerprint density at radius 1 is 0.810 bits per heavy atom. The zero-order valence-electron chi connectivity index (χ0n) is 12.8. The molecular weight excluding hydrogens is 264 g/mol. The van der Waals surface area contributed by atoms with Gasteiger partial charge in [-0.05, 0) is 18.2 Å². The fraction of sp³-hybridized carbons (Fsp3) is 0.294. The number of anilines is 2. The van der Waals surface area contributed by atoms with Crippen LogP contribution in [0.2, 0.25) is 0 Å². The third-order valence-corrected chi connectivity index (χ3v) is 4.09. The SMILES string of the molecule is COc1cccc(C2N(C)c3ccccc3N2C)c1OC. The van der Waals surface area contributed by atoms with Gasteiger partial charge in [-0.2, -0.15) is 0 Å². The van der Waals surface area contributed by atoms with E-state index in [1.54, 1.807) is 14.2 Å². The van der Waals surface area contributed by atoms with Crippen molar-refractivity contribution < 1.29 is 9.47 Å². The van der Waals surface area contributed by atoms with Gasteiger partial charge in [0.15, 0.2) is 11.5 Å². The first-order valence-corrected chi connectivity index (χ1v) is 6.94. The molecule has 2 aromatic carbocycles. The molecule has 0 saturated carbocycles. The molecule has 0 spiro atoms.